The van der Waals surface area contributed by atoms with Crippen LogP contribution in [-0.4, -0.2) is 38.9 Å². The molecule has 1 aromatic carbocycles. The summed E-state index contributed by atoms with van der Waals surface area (Å²) in [6.07, 6.45) is -4.60. The molecule has 1 aromatic rings. The van der Waals surface area contributed by atoms with Crippen molar-refractivity contribution in [3.05, 3.63) is 35.4 Å². The van der Waals surface area contributed by atoms with Crippen LogP contribution in [0.3, 0.4) is 0 Å². The molecule has 1 amide bonds. The van der Waals surface area contributed by atoms with Crippen molar-refractivity contribution in [1.29, 1.82) is 0 Å². The number of nitrogens with zero attached hydrogens (tertiary/aromatic N) is 1. The molecule has 22 heavy (non-hydrogen) atoms. The summed E-state index contributed by atoms with van der Waals surface area (Å²) in [5.74, 6) is -0.986. The second-order valence-corrected chi connectivity index (χ2v) is 6.96. The van der Waals surface area contributed by atoms with Gasteiger partial charge < -0.3 is 4.90 Å². The first-order chi connectivity index (χ1) is 10.1. The number of benzene rings is 1. The fraction of sp³-hybridized carbons (Fsp3) is 0.462. The van der Waals surface area contributed by atoms with Gasteiger partial charge in [-0.05, 0) is 11.6 Å². The van der Waals surface area contributed by atoms with Gasteiger partial charge in [0.2, 0.25) is 15.9 Å². The van der Waals surface area contributed by atoms with E-state index in [1.807, 2.05) is 0 Å². The molecule has 1 unspecified atom stereocenters. The lowest BCUT2D eigenvalue weighted by molar-refractivity contribution is -0.138. The number of nitrogens with one attached hydrogen (secondary N) is 1. The van der Waals surface area contributed by atoms with E-state index in [9.17, 15) is 26.4 Å². The minimum atomic E-state index is -4.62. The van der Waals surface area contributed by atoms with Crippen LogP contribution in [0.15, 0.2) is 24.3 Å². The molecule has 0 spiro atoms. The predicted octanol–water partition coefficient (Wildman–Crippen LogP) is 1.36. The summed E-state index contributed by atoms with van der Waals surface area (Å²) in [5.41, 5.74) is -1.29. The van der Waals surface area contributed by atoms with Crippen molar-refractivity contribution >= 4 is 15.9 Å². The average molecular weight is 336 g/mol. The van der Waals surface area contributed by atoms with Gasteiger partial charge in [0.15, 0.2) is 0 Å². The lowest BCUT2D eigenvalue weighted by Gasteiger charge is -2.15. The molecule has 9 heteroatoms. The van der Waals surface area contributed by atoms with Crippen LogP contribution in [0.4, 0.5) is 13.2 Å². The topological polar surface area (TPSA) is 66.5 Å². The third kappa shape index (κ3) is 3.98. The number of hydrogen-bond donors (Lipinski definition) is 1. The maximum Gasteiger partial charge on any atom is 0.416 e. The normalized spacial score (nSPS) is 19.7. The van der Waals surface area contributed by atoms with Crippen LogP contribution < -0.4 is 4.72 Å². The highest BCUT2D eigenvalue weighted by Crippen LogP contribution is 2.32. The van der Waals surface area contributed by atoms with Crippen LogP contribution in [-0.2, 0) is 26.7 Å². The number of carbonyl (C=O) groups excluding carboxylic acids is 1. The highest BCUT2D eigenvalue weighted by atomic mass is 32.2. The smallest absolute Gasteiger partial charge is 0.344 e. The number of sulfonamides is 1. The van der Waals surface area contributed by atoms with Crippen molar-refractivity contribution in [1.82, 2.24) is 9.62 Å². The third-order valence-corrected chi connectivity index (χ3v) is 4.74. The van der Waals surface area contributed by atoms with Crippen molar-refractivity contribution in [2.45, 2.75) is 24.4 Å². The van der Waals surface area contributed by atoms with Crippen molar-refractivity contribution in [3.8, 4) is 0 Å². The molecule has 0 saturated carbocycles. The van der Waals surface area contributed by atoms with E-state index in [4.69, 9.17) is 0 Å². The lowest BCUT2D eigenvalue weighted by atomic mass is 10.1. The third-order valence-electron chi connectivity index (χ3n) is 3.36. The first-order valence-electron chi connectivity index (χ1n) is 6.47. The number of amides is 1. The Morgan fingerprint density at radius 1 is 1.32 bits per heavy atom. The van der Waals surface area contributed by atoms with Crippen molar-refractivity contribution in [3.63, 3.8) is 0 Å². The van der Waals surface area contributed by atoms with E-state index >= 15 is 0 Å². The Hall–Kier alpha value is -1.61. The van der Waals surface area contributed by atoms with Gasteiger partial charge >= 0.3 is 6.18 Å². The van der Waals surface area contributed by atoms with Crippen LogP contribution in [0, 0.1) is 0 Å². The SMILES string of the molecule is CN1CC(NS(=O)(=O)Cc2ccccc2C(F)(F)F)CC1=O. The second kappa shape index (κ2) is 5.88. The summed E-state index contributed by atoms with van der Waals surface area (Å²) in [4.78, 5) is 12.7. The zero-order valence-corrected chi connectivity index (χ0v) is 12.5. The molecular formula is C13H15F3N2O3S. The van der Waals surface area contributed by atoms with Gasteiger partial charge in [0, 0.05) is 26.1 Å². The van der Waals surface area contributed by atoms with Crippen LogP contribution >= 0.6 is 0 Å². The molecule has 0 bridgehead atoms. The monoisotopic (exact) mass is 336 g/mol. The molecule has 1 saturated heterocycles. The Bertz CT molecular complexity index is 673. The number of hydrogen-bond acceptors (Lipinski definition) is 3. The summed E-state index contributed by atoms with van der Waals surface area (Å²) >= 11 is 0. The Labute approximate surface area is 126 Å². The fourth-order valence-electron chi connectivity index (χ4n) is 2.37. The van der Waals surface area contributed by atoms with Crippen LogP contribution in [0.5, 0.6) is 0 Å². The van der Waals surface area contributed by atoms with Crippen molar-refractivity contribution < 1.29 is 26.4 Å². The van der Waals surface area contributed by atoms with Gasteiger partial charge in [-0.15, -0.1) is 0 Å². The minimum absolute atomic E-state index is 0.0106. The second-order valence-electron chi connectivity index (χ2n) is 5.21. The zero-order chi connectivity index (χ0) is 16.5. The number of likely N-dealkylation sites (tertiary alicyclic amines) is 1. The first-order valence-corrected chi connectivity index (χ1v) is 8.13. The van der Waals surface area contributed by atoms with E-state index in [0.29, 0.717) is 0 Å². The number of likely N-dealkylation sites (N-methyl/N-ethyl adjacent to an activating group) is 1. The van der Waals surface area contributed by atoms with E-state index in [1.54, 1.807) is 0 Å². The van der Waals surface area contributed by atoms with Gasteiger partial charge in [-0.25, -0.2) is 13.1 Å². The number of rotatable bonds is 4. The lowest BCUT2D eigenvalue weighted by Crippen LogP contribution is -2.37. The van der Waals surface area contributed by atoms with Gasteiger partial charge in [-0.3, -0.25) is 4.79 Å². The molecule has 1 atom stereocenters. The number of halogens is 3. The average Bonchev–Trinajstić information content (AvgIpc) is 2.65. The van der Waals surface area contributed by atoms with Crippen molar-refractivity contribution in [2.75, 3.05) is 13.6 Å². The standard InChI is InChI=1S/C13H15F3N2O3S/c1-18-7-10(6-12(18)19)17-22(20,21)8-9-4-2-3-5-11(9)13(14,15)16/h2-5,10,17H,6-8H2,1H3. The van der Waals surface area contributed by atoms with Gasteiger partial charge in [0.1, 0.15) is 0 Å². The van der Waals surface area contributed by atoms with Crippen LogP contribution in [0.1, 0.15) is 17.5 Å². The molecular weight excluding hydrogens is 321 g/mol. The summed E-state index contributed by atoms with van der Waals surface area (Å²) < 4.78 is 65.0. The molecule has 0 aromatic heterocycles. The fourth-order valence-corrected chi connectivity index (χ4v) is 3.78. The Balaban J connectivity index is 2.15. The first kappa shape index (κ1) is 16.8. The highest BCUT2D eigenvalue weighted by Gasteiger charge is 2.35. The molecule has 1 aliphatic rings. The summed E-state index contributed by atoms with van der Waals surface area (Å²) in [6.45, 7) is 0.207. The molecule has 1 heterocycles. The number of carbonyl (C=O) groups is 1. The summed E-state index contributed by atoms with van der Waals surface area (Å²) in [5, 5.41) is 0. The van der Waals surface area contributed by atoms with Gasteiger partial charge in [-0.2, -0.15) is 13.2 Å². The highest BCUT2D eigenvalue weighted by molar-refractivity contribution is 7.88. The van der Waals surface area contributed by atoms with Crippen LogP contribution in [0.2, 0.25) is 0 Å². The Morgan fingerprint density at radius 2 is 1.95 bits per heavy atom. The number of alkyl halides is 3. The minimum Gasteiger partial charge on any atom is -0.344 e. The maximum absolute atomic E-state index is 12.9. The van der Waals surface area contributed by atoms with E-state index in [2.05, 4.69) is 4.72 Å². The molecule has 2 rings (SSSR count). The summed E-state index contributed by atoms with van der Waals surface area (Å²) in [6, 6.07) is 3.93. The van der Waals surface area contributed by atoms with E-state index in [1.165, 1.54) is 24.1 Å². The molecule has 0 radical (unpaired) electrons. The largest absolute Gasteiger partial charge is 0.416 e. The quantitative estimate of drug-likeness (QED) is 0.903. The van der Waals surface area contributed by atoms with Gasteiger partial charge in [-0.1, -0.05) is 18.2 Å². The Kier molecular flexibility index (Phi) is 4.48. The molecule has 0 aliphatic carbocycles. The molecule has 5 nitrogen and oxygen atoms in total. The molecule has 1 fully saturated rings. The summed E-state index contributed by atoms with van der Waals surface area (Å²) in [7, 11) is -2.44. The van der Waals surface area contributed by atoms with Gasteiger partial charge in [0.25, 0.3) is 0 Å². The van der Waals surface area contributed by atoms with E-state index in [0.717, 1.165) is 12.1 Å². The maximum atomic E-state index is 12.9. The predicted molar refractivity (Wildman–Crippen MR) is 73.2 cm³/mol. The van der Waals surface area contributed by atoms with E-state index in [-0.39, 0.29) is 24.4 Å². The van der Waals surface area contributed by atoms with Crippen molar-refractivity contribution in [2.24, 2.45) is 0 Å². The Morgan fingerprint density at radius 3 is 2.50 bits per heavy atom. The van der Waals surface area contributed by atoms with E-state index < -0.39 is 33.6 Å². The zero-order valence-electron chi connectivity index (χ0n) is 11.7. The van der Waals surface area contributed by atoms with Gasteiger partial charge in [0.05, 0.1) is 11.3 Å². The van der Waals surface area contributed by atoms with Crippen LogP contribution in [0.25, 0.3) is 0 Å². The molecule has 1 N–H and O–H groups in total. The molecule has 122 valence electrons. The molecule has 1 aliphatic heterocycles.